The van der Waals surface area contributed by atoms with Crippen molar-refractivity contribution in [3.05, 3.63) is 34.9 Å². The number of carbonyl (C=O) groups excluding carboxylic acids is 2. The summed E-state index contributed by atoms with van der Waals surface area (Å²) < 4.78 is 39.0. The number of piperidine rings is 1. The molecule has 3 rings (SSSR count). The summed E-state index contributed by atoms with van der Waals surface area (Å²) in [5, 5.41) is 6.19. The van der Waals surface area contributed by atoms with Gasteiger partial charge in [-0.1, -0.05) is 0 Å². The van der Waals surface area contributed by atoms with Crippen LogP contribution in [0.4, 0.5) is 13.2 Å². The monoisotopic (exact) mass is 453 g/mol. The maximum Gasteiger partial charge on any atom is 0.416 e. The van der Waals surface area contributed by atoms with Crippen LogP contribution in [0.3, 0.4) is 0 Å². The summed E-state index contributed by atoms with van der Waals surface area (Å²) in [5.41, 5.74) is -0.356. The van der Waals surface area contributed by atoms with E-state index in [1.165, 1.54) is 12.5 Å². The maximum atomic E-state index is 13.0. The molecule has 1 aromatic carbocycles. The molecule has 0 spiro atoms. The van der Waals surface area contributed by atoms with E-state index in [4.69, 9.17) is 0 Å². The molecule has 178 valence electrons. The highest BCUT2D eigenvalue weighted by Crippen LogP contribution is 2.30. The summed E-state index contributed by atoms with van der Waals surface area (Å²) in [6, 6.07) is 4.03. The quantitative estimate of drug-likeness (QED) is 0.676. The fraction of sp³-hybridized carbons (Fsp3) is 0.667. The van der Waals surface area contributed by atoms with Gasteiger partial charge in [-0.25, -0.2) is 0 Å². The first kappa shape index (κ1) is 24.6. The fourth-order valence-electron chi connectivity index (χ4n) is 4.79. The average Bonchev–Trinajstić information content (AvgIpc) is 2.76. The molecule has 1 aromatic rings. The summed E-state index contributed by atoms with van der Waals surface area (Å²) in [6.07, 6.45) is 2.53. The molecule has 0 bridgehead atoms. The first-order valence-electron chi connectivity index (χ1n) is 11.6. The molecule has 2 fully saturated rings. The predicted molar refractivity (Wildman–Crippen MR) is 117 cm³/mol. The van der Waals surface area contributed by atoms with Crippen LogP contribution in [0.2, 0.25) is 0 Å². The molecule has 1 unspecified atom stereocenters. The highest BCUT2D eigenvalue weighted by atomic mass is 19.4. The Bertz CT molecular complexity index is 804. The van der Waals surface area contributed by atoms with Crippen molar-refractivity contribution in [2.45, 2.75) is 77.1 Å². The van der Waals surface area contributed by atoms with Crippen molar-refractivity contribution >= 4 is 11.8 Å². The Morgan fingerprint density at radius 1 is 1.06 bits per heavy atom. The van der Waals surface area contributed by atoms with Gasteiger partial charge in [-0.2, -0.15) is 13.2 Å². The molecule has 1 saturated heterocycles. The van der Waals surface area contributed by atoms with Crippen molar-refractivity contribution in [1.82, 2.24) is 15.5 Å². The molecule has 0 aromatic heterocycles. The summed E-state index contributed by atoms with van der Waals surface area (Å²) in [5.74, 6) is -0.00891. The molecule has 2 N–H and O–H groups in total. The van der Waals surface area contributed by atoms with Crippen LogP contribution in [-0.2, 0) is 11.0 Å². The standard InChI is InChI=1S/C24H34F3N3O2/c1-16-11-19(13-20(12-16)24(25,26)27)23(32)29-14-18-6-8-21(9-7-18)28-15-22(31)30-10-4-3-5-17(30)2/h11-13,17-18,21,28H,3-10,14-15H2,1-2H3,(H,29,32)/t17?,18-,21+. The lowest BCUT2D eigenvalue weighted by molar-refractivity contribution is -0.137. The third-order valence-corrected chi connectivity index (χ3v) is 6.73. The summed E-state index contributed by atoms with van der Waals surface area (Å²) in [7, 11) is 0. The van der Waals surface area contributed by atoms with E-state index < -0.39 is 17.6 Å². The van der Waals surface area contributed by atoms with E-state index in [9.17, 15) is 22.8 Å². The third kappa shape index (κ3) is 6.70. The minimum absolute atomic E-state index is 0.0399. The Labute approximate surface area is 188 Å². The van der Waals surface area contributed by atoms with E-state index in [0.717, 1.165) is 57.2 Å². The van der Waals surface area contributed by atoms with Crippen LogP contribution in [0.5, 0.6) is 0 Å². The lowest BCUT2D eigenvalue weighted by Gasteiger charge is -2.34. The van der Waals surface area contributed by atoms with Crippen LogP contribution in [0.1, 0.15) is 73.4 Å². The minimum Gasteiger partial charge on any atom is -0.352 e. The highest BCUT2D eigenvalue weighted by Gasteiger charge is 2.31. The molecule has 1 aliphatic heterocycles. The minimum atomic E-state index is -4.47. The smallest absolute Gasteiger partial charge is 0.352 e. The molecule has 2 amide bonds. The van der Waals surface area contributed by atoms with Crippen LogP contribution in [0.25, 0.3) is 0 Å². The first-order valence-corrected chi connectivity index (χ1v) is 11.6. The predicted octanol–water partition coefficient (Wildman–Crippen LogP) is 4.29. The second-order valence-electron chi connectivity index (χ2n) is 9.33. The van der Waals surface area contributed by atoms with Crippen molar-refractivity contribution in [1.29, 1.82) is 0 Å². The van der Waals surface area contributed by atoms with Crippen LogP contribution >= 0.6 is 0 Å². The van der Waals surface area contributed by atoms with Crippen LogP contribution in [0, 0.1) is 12.8 Å². The number of hydrogen-bond donors (Lipinski definition) is 2. The van der Waals surface area contributed by atoms with Crippen LogP contribution in [-0.4, -0.2) is 48.4 Å². The molecule has 1 heterocycles. The number of halogens is 3. The van der Waals surface area contributed by atoms with Gasteiger partial charge < -0.3 is 15.5 Å². The number of likely N-dealkylation sites (tertiary alicyclic amines) is 1. The molecular weight excluding hydrogens is 419 g/mol. The highest BCUT2D eigenvalue weighted by molar-refractivity contribution is 5.94. The third-order valence-electron chi connectivity index (χ3n) is 6.73. The number of nitrogens with zero attached hydrogens (tertiary/aromatic N) is 1. The zero-order valence-electron chi connectivity index (χ0n) is 18.9. The summed E-state index contributed by atoms with van der Waals surface area (Å²) in [6.45, 7) is 5.32. The average molecular weight is 454 g/mol. The van der Waals surface area contributed by atoms with E-state index in [1.807, 2.05) is 4.90 Å². The van der Waals surface area contributed by atoms with Crippen molar-refractivity contribution in [2.24, 2.45) is 5.92 Å². The van der Waals surface area contributed by atoms with Crippen LogP contribution < -0.4 is 10.6 Å². The van der Waals surface area contributed by atoms with Gasteiger partial charge in [0.2, 0.25) is 5.91 Å². The Kier molecular flexibility index (Phi) is 8.20. The molecule has 1 atom stereocenters. The topological polar surface area (TPSA) is 61.4 Å². The number of hydrogen-bond acceptors (Lipinski definition) is 3. The number of rotatable bonds is 6. The zero-order valence-corrected chi connectivity index (χ0v) is 18.9. The molecule has 5 nitrogen and oxygen atoms in total. The number of amides is 2. The molecule has 1 aliphatic carbocycles. The Morgan fingerprint density at radius 3 is 2.44 bits per heavy atom. The van der Waals surface area contributed by atoms with Crippen molar-refractivity contribution in [3.8, 4) is 0 Å². The molecule has 0 radical (unpaired) electrons. The van der Waals surface area contributed by atoms with E-state index >= 15 is 0 Å². The van der Waals surface area contributed by atoms with Gasteiger partial charge in [0.05, 0.1) is 12.1 Å². The van der Waals surface area contributed by atoms with Crippen molar-refractivity contribution in [2.75, 3.05) is 19.6 Å². The van der Waals surface area contributed by atoms with E-state index in [0.29, 0.717) is 30.6 Å². The van der Waals surface area contributed by atoms with Gasteiger partial charge in [0.25, 0.3) is 5.91 Å². The first-order chi connectivity index (χ1) is 15.1. The van der Waals surface area contributed by atoms with Gasteiger partial charge >= 0.3 is 6.18 Å². The Morgan fingerprint density at radius 2 is 1.78 bits per heavy atom. The normalized spacial score (nSPS) is 24.3. The summed E-state index contributed by atoms with van der Waals surface area (Å²) >= 11 is 0. The molecule has 2 aliphatic rings. The SMILES string of the molecule is Cc1cc(C(=O)NC[C@H]2CC[C@@H](NCC(=O)N3CCCCC3C)CC2)cc(C(F)(F)F)c1. The number of nitrogens with one attached hydrogen (secondary N) is 2. The Balaban J connectivity index is 1.40. The van der Waals surface area contributed by atoms with Gasteiger partial charge in [-0.3, -0.25) is 9.59 Å². The maximum absolute atomic E-state index is 13.0. The molecular formula is C24H34F3N3O2. The van der Waals surface area contributed by atoms with E-state index in [1.54, 1.807) is 6.92 Å². The largest absolute Gasteiger partial charge is 0.416 e. The second kappa shape index (κ2) is 10.7. The van der Waals surface area contributed by atoms with Gasteiger partial charge in [-0.15, -0.1) is 0 Å². The second-order valence-corrected chi connectivity index (χ2v) is 9.33. The van der Waals surface area contributed by atoms with Gasteiger partial charge in [0.15, 0.2) is 0 Å². The van der Waals surface area contributed by atoms with Gasteiger partial charge in [-0.05, 0) is 88.5 Å². The lowest BCUT2D eigenvalue weighted by atomic mass is 9.86. The van der Waals surface area contributed by atoms with Crippen molar-refractivity contribution in [3.63, 3.8) is 0 Å². The molecule has 1 saturated carbocycles. The van der Waals surface area contributed by atoms with Crippen LogP contribution in [0.15, 0.2) is 18.2 Å². The number of carbonyl (C=O) groups is 2. The lowest BCUT2D eigenvalue weighted by Crippen LogP contribution is -2.48. The number of aryl methyl sites for hydroxylation is 1. The number of alkyl halides is 3. The van der Waals surface area contributed by atoms with E-state index in [2.05, 4.69) is 17.6 Å². The summed E-state index contributed by atoms with van der Waals surface area (Å²) in [4.78, 5) is 26.9. The van der Waals surface area contributed by atoms with Gasteiger partial charge in [0.1, 0.15) is 0 Å². The molecule has 32 heavy (non-hydrogen) atoms. The van der Waals surface area contributed by atoms with Gasteiger partial charge in [0, 0.05) is 30.7 Å². The number of benzene rings is 1. The fourth-order valence-corrected chi connectivity index (χ4v) is 4.79. The van der Waals surface area contributed by atoms with Crippen molar-refractivity contribution < 1.29 is 22.8 Å². The Hall–Kier alpha value is -2.09. The molecule has 8 heteroatoms. The zero-order chi connectivity index (χ0) is 23.3. The van der Waals surface area contributed by atoms with E-state index in [-0.39, 0.29) is 17.5 Å².